The zero-order chi connectivity index (χ0) is 14.7. The molecule has 0 spiro atoms. The molecule has 0 amide bonds. The molecule has 0 bridgehead atoms. The molecule has 0 radical (unpaired) electrons. The van der Waals surface area contributed by atoms with E-state index in [2.05, 4.69) is 59.4 Å². The van der Waals surface area contributed by atoms with Crippen LogP contribution in [0.5, 0.6) is 0 Å². The highest BCUT2D eigenvalue weighted by Crippen LogP contribution is 2.32. The molecule has 3 rings (SSSR count). The van der Waals surface area contributed by atoms with Gasteiger partial charge in [0.25, 0.3) is 0 Å². The summed E-state index contributed by atoms with van der Waals surface area (Å²) in [5, 5.41) is 3.62. The Morgan fingerprint density at radius 2 is 1.90 bits per heavy atom. The van der Waals surface area contributed by atoms with E-state index < -0.39 is 0 Å². The van der Waals surface area contributed by atoms with Gasteiger partial charge in [0.2, 0.25) is 0 Å². The number of hydrogen-bond donors (Lipinski definition) is 1. The van der Waals surface area contributed by atoms with Gasteiger partial charge in [-0.2, -0.15) is 0 Å². The lowest BCUT2D eigenvalue weighted by molar-refractivity contribution is 0.746. The van der Waals surface area contributed by atoms with Gasteiger partial charge in [-0.1, -0.05) is 6.07 Å². The van der Waals surface area contributed by atoms with Crippen molar-refractivity contribution in [3.05, 3.63) is 53.9 Å². The summed E-state index contributed by atoms with van der Waals surface area (Å²) in [7, 11) is 0. The molecular formula is C18H23N3. The molecule has 21 heavy (non-hydrogen) atoms. The molecule has 1 aliphatic carbocycles. The van der Waals surface area contributed by atoms with Crippen LogP contribution in [0.25, 0.3) is 0 Å². The van der Waals surface area contributed by atoms with Gasteiger partial charge in [-0.15, -0.1) is 0 Å². The number of rotatable bonds is 5. The third-order valence-electron chi connectivity index (χ3n) is 4.30. The molecule has 1 N–H and O–H groups in total. The second-order valence-corrected chi connectivity index (χ2v) is 5.50. The fourth-order valence-corrected chi connectivity index (χ4v) is 3.11. The predicted molar refractivity (Wildman–Crippen MR) is 88.9 cm³/mol. The van der Waals surface area contributed by atoms with Gasteiger partial charge in [-0.3, -0.25) is 4.98 Å². The van der Waals surface area contributed by atoms with Gasteiger partial charge in [-0.25, -0.2) is 0 Å². The van der Waals surface area contributed by atoms with Crippen LogP contribution < -0.4 is 10.2 Å². The highest BCUT2D eigenvalue weighted by atomic mass is 15.1. The first-order valence-corrected chi connectivity index (χ1v) is 7.87. The summed E-state index contributed by atoms with van der Waals surface area (Å²) < 4.78 is 0. The van der Waals surface area contributed by atoms with E-state index in [4.69, 9.17) is 0 Å². The summed E-state index contributed by atoms with van der Waals surface area (Å²) in [6.45, 7) is 6.47. The van der Waals surface area contributed by atoms with Crippen molar-refractivity contribution in [1.82, 2.24) is 4.98 Å². The van der Waals surface area contributed by atoms with E-state index in [0.29, 0.717) is 6.04 Å². The van der Waals surface area contributed by atoms with Crippen molar-refractivity contribution in [2.24, 2.45) is 0 Å². The minimum absolute atomic E-state index is 0.348. The van der Waals surface area contributed by atoms with Crippen molar-refractivity contribution in [2.45, 2.75) is 32.7 Å². The second kappa shape index (κ2) is 6.17. The van der Waals surface area contributed by atoms with Crippen LogP contribution in [0.3, 0.4) is 0 Å². The zero-order valence-corrected chi connectivity index (χ0v) is 12.8. The average Bonchev–Trinajstić information content (AvgIpc) is 2.93. The number of benzene rings is 1. The van der Waals surface area contributed by atoms with Crippen LogP contribution >= 0.6 is 0 Å². The van der Waals surface area contributed by atoms with E-state index >= 15 is 0 Å². The molecule has 1 aliphatic rings. The van der Waals surface area contributed by atoms with Crippen LogP contribution in [0.15, 0.2) is 42.6 Å². The zero-order valence-electron chi connectivity index (χ0n) is 12.8. The SMILES string of the molecule is CCN(CC)c1ccc(NC2CCc3cccnc32)cc1. The quantitative estimate of drug-likeness (QED) is 0.897. The molecule has 3 nitrogen and oxygen atoms in total. The fraction of sp³-hybridized carbons (Fsp3) is 0.389. The van der Waals surface area contributed by atoms with Crippen molar-refractivity contribution < 1.29 is 0 Å². The molecule has 110 valence electrons. The van der Waals surface area contributed by atoms with Gasteiger partial charge in [0.15, 0.2) is 0 Å². The number of aryl methyl sites for hydroxylation is 1. The van der Waals surface area contributed by atoms with Crippen molar-refractivity contribution >= 4 is 11.4 Å². The van der Waals surface area contributed by atoms with E-state index in [0.717, 1.165) is 25.9 Å². The molecule has 1 aromatic carbocycles. The summed E-state index contributed by atoms with van der Waals surface area (Å²) in [6.07, 6.45) is 4.14. The van der Waals surface area contributed by atoms with Gasteiger partial charge in [0.1, 0.15) is 0 Å². The maximum atomic E-state index is 4.54. The van der Waals surface area contributed by atoms with E-state index in [9.17, 15) is 0 Å². The van der Waals surface area contributed by atoms with Crippen molar-refractivity contribution in [1.29, 1.82) is 0 Å². The molecule has 0 saturated heterocycles. The average molecular weight is 281 g/mol. The number of hydrogen-bond acceptors (Lipinski definition) is 3. The Bertz CT molecular complexity index is 588. The summed E-state index contributed by atoms with van der Waals surface area (Å²) in [4.78, 5) is 6.90. The Morgan fingerprint density at radius 1 is 1.14 bits per heavy atom. The lowest BCUT2D eigenvalue weighted by Gasteiger charge is -2.22. The van der Waals surface area contributed by atoms with Gasteiger partial charge in [0.05, 0.1) is 11.7 Å². The van der Waals surface area contributed by atoms with Gasteiger partial charge < -0.3 is 10.2 Å². The Morgan fingerprint density at radius 3 is 2.62 bits per heavy atom. The normalized spacial score (nSPS) is 16.6. The number of nitrogens with zero attached hydrogens (tertiary/aromatic N) is 2. The number of nitrogens with one attached hydrogen (secondary N) is 1. The highest BCUT2D eigenvalue weighted by Gasteiger charge is 2.23. The number of pyridine rings is 1. The predicted octanol–water partition coefficient (Wildman–Crippen LogP) is 4.03. The maximum Gasteiger partial charge on any atom is 0.0691 e. The van der Waals surface area contributed by atoms with E-state index in [1.807, 2.05) is 12.3 Å². The van der Waals surface area contributed by atoms with E-state index in [1.165, 1.54) is 22.6 Å². The summed E-state index contributed by atoms with van der Waals surface area (Å²) in [5.74, 6) is 0. The van der Waals surface area contributed by atoms with Gasteiger partial charge in [-0.05, 0) is 62.6 Å². The van der Waals surface area contributed by atoms with Crippen LogP contribution in [0.1, 0.15) is 37.6 Å². The molecule has 0 saturated carbocycles. The number of anilines is 2. The van der Waals surface area contributed by atoms with Crippen LogP contribution in [-0.4, -0.2) is 18.1 Å². The molecule has 0 fully saturated rings. The van der Waals surface area contributed by atoms with Crippen molar-refractivity contribution in [3.63, 3.8) is 0 Å². The molecule has 1 aromatic heterocycles. The number of fused-ring (bicyclic) bond motifs is 1. The molecule has 0 aliphatic heterocycles. The van der Waals surface area contributed by atoms with Crippen LogP contribution in [0, 0.1) is 0 Å². The molecule has 3 heteroatoms. The lowest BCUT2D eigenvalue weighted by atomic mass is 10.2. The third-order valence-corrected chi connectivity index (χ3v) is 4.30. The Labute approximate surface area is 127 Å². The first-order chi connectivity index (χ1) is 10.3. The monoisotopic (exact) mass is 281 g/mol. The topological polar surface area (TPSA) is 28.2 Å². The Kier molecular flexibility index (Phi) is 4.09. The highest BCUT2D eigenvalue weighted by molar-refractivity contribution is 5.56. The summed E-state index contributed by atoms with van der Waals surface area (Å²) >= 11 is 0. The van der Waals surface area contributed by atoms with Crippen LogP contribution in [0.2, 0.25) is 0 Å². The smallest absolute Gasteiger partial charge is 0.0691 e. The largest absolute Gasteiger partial charge is 0.377 e. The minimum Gasteiger partial charge on any atom is -0.377 e. The van der Waals surface area contributed by atoms with E-state index in [1.54, 1.807) is 0 Å². The fourth-order valence-electron chi connectivity index (χ4n) is 3.11. The molecule has 2 aromatic rings. The van der Waals surface area contributed by atoms with Gasteiger partial charge in [0, 0.05) is 30.7 Å². The molecular weight excluding hydrogens is 258 g/mol. The third kappa shape index (κ3) is 2.87. The van der Waals surface area contributed by atoms with Crippen LogP contribution in [-0.2, 0) is 6.42 Å². The summed E-state index contributed by atoms with van der Waals surface area (Å²) in [6, 6.07) is 13.3. The maximum absolute atomic E-state index is 4.54. The van der Waals surface area contributed by atoms with E-state index in [-0.39, 0.29) is 0 Å². The Balaban J connectivity index is 1.72. The standard InChI is InChI=1S/C18H23N3/c1-3-21(4-2)16-10-8-15(9-11-16)20-17-12-7-14-6-5-13-19-18(14)17/h5-6,8-11,13,17,20H,3-4,7,12H2,1-2H3. The molecule has 1 unspecified atom stereocenters. The molecule has 1 atom stereocenters. The molecule has 1 heterocycles. The van der Waals surface area contributed by atoms with Crippen molar-refractivity contribution in [3.8, 4) is 0 Å². The minimum atomic E-state index is 0.348. The Hall–Kier alpha value is -2.03. The second-order valence-electron chi connectivity index (χ2n) is 5.50. The first kappa shape index (κ1) is 13.9. The van der Waals surface area contributed by atoms with Gasteiger partial charge >= 0.3 is 0 Å². The first-order valence-electron chi connectivity index (χ1n) is 7.87. The van der Waals surface area contributed by atoms with Crippen LogP contribution in [0.4, 0.5) is 11.4 Å². The summed E-state index contributed by atoms with van der Waals surface area (Å²) in [5.41, 5.74) is 5.06. The van der Waals surface area contributed by atoms with Crippen molar-refractivity contribution in [2.75, 3.05) is 23.3 Å². The lowest BCUT2D eigenvalue weighted by Crippen LogP contribution is -2.21. The number of aromatic nitrogens is 1.